The number of rotatable bonds is 8. The second-order valence-corrected chi connectivity index (χ2v) is 6.22. The van der Waals surface area contributed by atoms with E-state index in [9.17, 15) is 4.79 Å². The van der Waals surface area contributed by atoms with Crippen LogP contribution in [0.25, 0.3) is 0 Å². The van der Waals surface area contributed by atoms with Crippen LogP contribution in [-0.2, 0) is 6.61 Å². The maximum atomic E-state index is 12.3. The molecule has 6 nitrogen and oxygen atoms in total. The molecule has 3 rings (SSSR count). The number of anilines is 1. The smallest absolute Gasteiger partial charge is 0.277 e. The average Bonchev–Trinajstić information content (AvgIpc) is 3.19. The minimum atomic E-state index is -0.341. The van der Waals surface area contributed by atoms with Crippen molar-refractivity contribution in [2.75, 3.05) is 5.32 Å². The maximum absolute atomic E-state index is 12.3. The highest BCUT2D eigenvalue weighted by Crippen LogP contribution is 2.19. The van der Waals surface area contributed by atoms with E-state index in [2.05, 4.69) is 10.3 Å². The van der Waals surface area contributed by atoms with E-state index < -0.39 is 0 Å². The van der Waals surface area contributed by atoms with Gasteiger partial charge < -0.3 is 20.2 Å². The van der Waals surface area contributed by atoms with Gasteiger partial charge in [0.2, 0.25) is 5.89 Å². The van der Waals surface area contributed by atoms with Crippen LogP contribution in [0.1, 0.15) is 47.7 Å². The van der Waals surface area contributed by atoms with Gasteiger partial charge in [-0.3, -0.25) is 4.79 Å². The van der Waals surface area contributed by atoms with Crippen molar-refractivity contribution in [2.24, 2.45) is 5.73 Å². The first-order valence-electron chi connectivity index (χ1n) is 8.95. The summed E-state index contributed by atoms with van der Waals surface area (Å²) in [5.41, 5.74) is 7.91. The largest absolute Gasteiger partial charge is 0.489 e. The fourth-order valence-electron chi connectivity index (χ4n) is 2.57. The average molecular weight is 365 g/mol. The van der Waals surface area contributed by atoms with Crippen LogP contribution in [0, 0.1) is 0 Å². The lowest BCUT2D eigenvalue weighted by molar-refractivity contribution is 0.102. The van der Waals surface area contributed by atoms with Crippen LogP contribution in [0.2, 0.25) is 0 Å². The molecule has 0 spiro atoms. The molecule has 1 unspecified atom stereocenters. The standard InChI is InChI=1S/C21H23N3O3/c1-2-6-18(22)21-24-19(14-27-21)20(25)23-16-9-11-17(12-10-16)26-13-15-7-4-3-5-8-15/h3-5,7-12,14,18H,2,6,13,22H2,1H3,(H,23,25). The summed E-state index contributed by atoms with van der Waals surface area (Å²) in [4.78, 5) is 16.5. The van der Waals surface area contributed by atoms with Gasteiger partial charge in [0.05, 0.1) is 6.04 Å². The third kappa shape index (κ3) is 5.18. The molecule has 2 aromatic carbocycles. The van der Waals surface area contributed by atoms with Crippen molar-refractivity contribution in [3.05, 3.63) is 78.0 Å². The Labute approximate surface area is 158 Å². The molecule has 3 aromatic rings. The van der Waals surface area contributed by atoms with Gasteiger partial charge in [-0.15, -0.1) is 0 Å². The predicted molar refractivity (Wildman–Crippen MR) is 104 cm³/mol. The van der Waals surface area contributed by atoms with Crippen LogP contribution in [0.5, 0.6) is 5.75 Å². The van der Waals surface area contributed by atoms with E-state index in [0.29, 0.717) is 18.2 Å². The molecular formula is C21H23N3O3. The molecule has 0 aliphatic heterocycles. The summed E-state index contributed by atoms with van der Waals surface area (Å²) in [5, 5.41) is 2.79. The number of oxazole rings is 1. The van der Waals surface area contributed by atoms with E-state index >= 15 is 0 Å². The normalized spacial score (nSPS) is 11.8. The number of nitrogens with one attached hydrogen (secondary N) is 1. The van der Waals surface area contributed by atoms with E-state index in [1.54, 1.807) is 12.1 Å². The van der Waals surface area contributed by atoms with E-state index in [-0.39, 0.29) is 17.6 Å². The highest BCUT2D eigenvalue weighted by Gasteiger charge is 2.16. The van der Waals surface area contributed by atoms with Crippen molar-refractivity contribution in [3.8, 4) is 5.75 Å². The molecule has 140 valence electrons. The summed E-state index contributed by atoms with van der Waals surface area (Å²) in [7, 11) is 0. The molecule has 0 radical (unpaired) electrons. The van der Waals surface area contributed by atoms with Crippen LogP contribution in [0.15, 0.2) is 65.3 Å². The second kappa shape index (κ2) is 9.00. The molecule has 27 heavy (non-hydrogen) atoms. The predicted octanol–water partition coefficient (Wildman–Crippen LogP) is 4.31. The van der Waals surface area contributed by atoms with Gasteiger partial charge in [0.15, 0.2) is 5.69 Å². The number of nitrogens with zero attached hydrogens (tertiary/aromatic N) is 1. The molecule has 3 N–H and O–H groups in total. The maximum Gasteiger partial charge on any atom is 0.277 e. The van der Waals surface area contributed by atoms with Crippen molar-refractivity contribution in [2.45, 2.75) is 32.4 Å². The third-order valence-electron chi connectivity index (χ3n) is 4.03. The quantitative estimate of drug-likeness (QED) is 0.621. The minimum Gasteiger partial charge on any atom is -0.489 e. The second-order valence-electron chi connectivity index (χ2n) is 6.22. The lowest BCUT2D eigenvalue weighted by Crippen LogP contribution is -2.14. The molecule has 0 aliphatic rings. The molecule has 0 bridgehead atoms. The number of carbonyl (C=O) groups is 1. The summed E-state index contributed by atoms with van der Waals surface area (Å²) >= 11 is 0. The fraction of sp³-hybridized carbons (Fsp3) is 0.238. The summed E-state index contributed by atoms with van der Waals surface area (Å²) in [6, 6.07) is 16.8. The minimum absolute atomic E-state index is 0.209. The monoisotopic (exact) mass is 365 g/mol. The van der Waals surface area contributed by atoms with Gasteiger partial charge in [-0.1, -0.05) is 43.7 Å². The first kappa shape index (κ1) is 18.7. The highest BCUT2D eigenvalue weighted by atomic mass is 16.5. The Hall–Kier alpha value is -3.12. The lowest BCUT2D eigenvalue weighted by atomic mass is 10.2. The van der Waals surface area contributed by atoms with Gasteiger partial charge in [0, 0.05) is 5.69 Å². The molecule has 0 aliphatic carbocycles. The summed E-state index contributed by atoms with van der Waals surface area (Å²) < 4.78 is 11.0. The number of ether oxygens (including phenoxy) is 1. The highest BCUT2D eigenvalue weighted by molar-refractivity contribution is 6.02. The zero-order chi connectivity index (χ0) is 19.1. The van der Waals surface area contributed by atoms with Gasteiger partial charge in [-0.05, 0) is 36.2 Å². The Morgan fingerprint density at radius 1 is 1.19 bits per heavy atom. The van der Waals surface area contributed by atoms with E-state index in [4.69, 9.17) is 14.9 Å². The van der Waals surface area contributed by atoms with Gasteiger partial charge in [-0.25, -0.2) is 4.98 Å². The first-order chi connectivity index (χ1) is 13.2. The van der Waals surface area contributed by atoms with Gasteiger partial charge in [0.25, 0.3) is 5.91 Å². The zero-order valence-corrected chi connectivity index (χ0v) is 15.2. The molecular weight excluding hydrogens is 342 g/mol. The van der Waals surface area contributed by atoms with Crippen LogP contribution in [-0.4, -0.2) is 10.9 Å². The number of hydrogen-bond donors (Lipinski definition) is 2. The summed E-state index contributed by atoms with van der Waals surface area (Å²) in [5.74, 6) is 0.768. The Morgan fingerprint density at radius 3 is 2.63 bits per heavy atom. The molecule has 1 heterocycles. The molecule has 0 fully saturated rings. The van der Waals surface area contributed by atoms with Crippen LogP contribution >= 0.6 is 0 Å². The summed E-state index contributed by atoms with van der Waals surface area (Å²) in [6.45, 7) is 2.52. The van der Waals surface area contributed by atoms with Gasteiger partial charge >= 0.3 is 0 Å². The van der Waals surface area contributed by atoms with Gasteiger partial charge in [-0.2, -0.15) is 0 Å². The Morgan fingerprint density at radius 2 is 1.93 bits per heavy atom. The van der Waals surface area contributed by atoms with Crippen molar-refractivity contribution in [3.63, 3.8) is 0 Å². The molecule has 0 saturated heterocycles. The molecule has 6 heteroatoms. The number of benzene rings is 2. The van der Waals surface area contributed by atoms with Gasteiger partial charge in [0.1, 0.15) is 18.6 Å². The van der Waals surface area contributed by atoms with Crippen LogP contribution in [0.4, 0.5) is 5.69 Å². The number of aromatic nitrogens is 1. The lowest BCUT2D eigenvalue weighted by Gasteiger charge is -2.08. The van der Waals surface area contributed by atoms with Crippen LogP contribution in [0.3, 0.4) is 0 Å². The number of amides is 1. The van der Waals surface area contributed by atoms with Crippen molar-refractivity contribution in [1.82, 2.24) is 4.98 Å². The Balaban J connectivity index is 1.55. The SMILES string of the molecule is CCCC(N)c1nc(C(=O)Nc2ccc(OCc3ccccc3)cc2)co1. The Bertz CT molecular complexity index is 860. The van der Waals surface area contributed by atoms with Crippen LogP contribution < -0.4 is 15.8 Å². The third-order valence-corrected chi connectivity index (χ3v) is 4.03. The molecule has 0 saturated carbocycles. The van der Waals surface area contributed by atoms with Crippen molar-refractivity contribution in [1.29, 1.82) is 0 Å². The topological polar surface area (TPSA) is 90.4 Å². The van der Waals surface area contributed by atoms with E-state index in [0.717, 1.165) is 24.2 Å². The Kier molecular flexibility index (Phi) is 6.22. The fourth-order valence-corrected chi connectivity index (χ4v) is 2.57. The number of nitrogens with two attached hydrogens (primary N) is 1. The zero-order valence-electron chi connectivity index (χ0n) is 15.2. The summed E-state index contributed by atoms with van der Waals surface area (Å²) in [6.07, 6.45) is 3.01. The molecule has 1 aromatic heterocycles. The first-order valence-corrected chi connectivity index (χ1v) is 8.95. The van der Waals surface area contributed by atoms with Crippen molar-refractivity contribution >= 4 is 11.6 Å². The molecule has 1 atom stereocenters. The number of carbonyl (C=O) groups excluding carboxylic acids is 1. The van der Waals surface area contributed by atoms with E-state index in [1.807, 2.05) is 49.4 Å². The van der Waals surface area contributed by atoms with E-state index in [1.165, 1.54) is 6.26 Å². The number of hydrogen-bond acceptors (Lipinski definition) is 5. The molecule has 1 amide bonds. The van der Waals surface area contributed by atoms with Crippen molar-refractivity contribution < 1.29 is 13.9 Å².